The molecular formula is C10H11ClN2O. The van der Waals surface area contributed by atoms with E-state index in [-0.39, 0.29) is 5.91 Å². The van der Waals surface area contributed by atoms with Crippen LogP contribution >= 0.6 is 11.6 Å². The Morgan fingerprint density at radius 2 is 2.14 bits per heavy atom. The van der Waals surface area contributed by atoms with Crippen molar-refractivity contribution in [2.24, 2.45) is 5.73 Å². The van der Waals surface area contributed by atoms with Gasteiger partial charge in [-0.25, -0.2) is 0 Å². The van der Waals surface area contributed by atoms with Crippen molar-refractivity contribution in [3.8, 4) is 0 Å². The zero-order valence-electron chi connectivity index (χ0n) is 8.02. The van der Waals surface area contributed by atoms with Crippen LogP contribution in [0.2, 0.25) is 5.02 Å². The van der Waals surface area contributed by atoms with E-state index in [1.54, 1.807) is 6.92 Å². The van der Waals surface area contributed by atoms with Crippen LogP contribution in [0.1, 0.15) is 18.1 Å². The highest BCUT2D eigenvalue weighted by atomic mass is 35.5. The van der Waals surface area contributed by atoms with E-state index >= 15 is 0 Å². The molecule has 0 bridgehead atoms. The molecule has 1 atom stereocenters. The Kier molecular flexibility index (Phi) is 1.84. The Morgan fingerprint density at radius 3 is 2.79 bits per heavy atom. The normalized spacial score (nSPS) is 24.7. The van der Waals surface area contributed by atoms with Crippen molar-refractivity contribution >= 4 is 23.2 Å². The molecule has 1 aromatic rings. The van der Waals surface area contributed by atoms with Gasteiger partial charge in [-0.05, 0) is 19.4 Å². The number of amides is 1. The van der Waals surface area contributed by atoms with Gasteiger partial charge in [-0.3, -0.25) is 4.79 Å². The molecule has 1 amide bonds. The van der Waals surface area contributed by atoms with Gasteiger partial charge in [0.05, 0.1) is 10.7 Å². The van der Waals surface area contributed by atoms with Gasteiger partial charge in [0.15, 0.2) is 0 Å². The van der Waals surface area contributed by atoms with Gasteiger partial charge in [0, 0.05) is 5.56 Å². The molecule has 3 nitrogen and oxygen atoms in total. The number of hydrogen-bond donors (Lipinski definition) is 2. The Labute approximate surface area is 87.2 Å². The first-order chi connectivity index (χ1) is 6.44. The predicted molar refractivity (Wildman–Crippen MR) is 56.4 cm³/mol. The number of hydrogen-bond acceptors (Lipinski definition) is 2. The molecule has 1 aliphatic rings. The Bertz CT molecular complexity index is 426. The van der Waals surface area contributed by atoms with Crippen LogP contribution in [0.25, 0.3) is 0 Å². The summed E-state index contributed by atoms with van der Waals surface area (Å²) in [4.78, 5) is 11.5. The monoisotopic (exact) mass is 210 g/mol. The number of halogens is 1. The van der Waals surface area contributed by atoms with Crippen LogP contribution in [0.15, 0.2) is 12.1 Å². The van der Waals surface area contributed by atoms with Gasteiger partial charge in [-0.15, -0.1) is 0 Å². The van der Waals surface area contributed by atoms with Crippen LogP contribution in [0.5, 0.6) is 0 Å². The molecule has 2 rings (SSSR count). The molecule has 14 heavy (non-hydrogen) atoms. The third-order valence-electron chi connectivity index (χ3n) is 2.60. The van der Waals surface area contributed by atoms with Crippen molar-refractivity contribution < 1.29 is 4.79 Å². The maximum atomic E-state index is 11.5. The number of aryl methyl sites for hydroxylation is 1. The van der Waals surface area contributed by atoms with Crippen LogP contribution in [-0.2, 0) is 10.3 Å². The first-order valence-corrected chi connectivity index (χ1v) is 4.72. The second-order valence-corrected chi connectivity index (χ2v) is 4.15. The number of benzene rings is 1. The third-order valence-corrected chi connectivity index (χ3v) is 3.09. The van der Waals surface area contributed by atoms with E-state index in [9.17, 15) is 4.79 Å². The summed E-state index contributed by atoms with van der Waals surface area (Å²) < 4.78 is 0. The molecule has 0 saturated heterocycles. The molecule has 74 valence electrons. The molecule has 3 N–H and O–H groups in total. The number of nitrogens with two attached hydrogens (primary N) is 1. The minimum absolute atomic E-state index is 0.208. The summed E-state index contributed by atoms with van der Waals surface area (Å²) >= 11 is 6.06. The zero-order valence-corrected chi connectivity index (χ0v) is 8.77. The molecule has 0 aliphatic carbocycles. The molecule has 1 heterocycles. The van der Waals surface area contributed by atoms with Crippen molar-refractivity contribution in [1.29, 1.82) is 0 Å². The van der Waals surface area contributed by atoms with Gasteiger partial charge in [0.1, 0.15) is 5.54 Å². The van der Waals surface area contributed by atoms with Crippen LogP contribution in [0, 0.1) is 6.92 Å². The summed E-state index contributed by atoms with van der Waals surface area (Å²) in [5.74, 6) is -0.208. The largest absolute Gasteiger partial charge is 0.323 e. The Morgan fingerprint density at radius 1 is 1.50 bits per heavy atom. The second-order valence-electron chi connectivity index (χ2n) is 3.78. The third kappa shape index (κ3) is 1.06. The van der Waals surface area contributed by atoms with Gasteiger partial charge in [0.25, 0.3) is 0 Å². The number of carbonyl (C=O) groups excluding carboxylic acids is 1. The van der Waals surface area contributed by atoms with E-state index in [2.05, 4.69) is 5.32 Å². The molecule has 0 fully saturated rings. The van der Waals surface area contributed by atoms with Gasteiger partial charge in [-0.1, -0.05) is 23.7 Å². The van der Waals surface area contributed by atoms with Crippen molar-refractivity contribution in [3.05, 3.63) is 28.3 Å². The first-order valence-electron chi connectivity index (χ1n) is 4.34. The van der Waals surface area contributed by atoms with Crippen LogP contribution < -0.4 is 11.1 Å². The maximum Gasteiger partial charge on any atom is 0.248 e. The highest BCUT2D eigenvalue weighted by Crippen LogP contribution is 2.39. The number of anilines is 1. The molecule has 0 saturated carbocycles. The van der Waals surface area contributed by atoms with Crippen molar-refractivity contribution in [3.63, 3.8) is 0 Å². The van der Waals surface area contributed by atoms with Crippen molar-refractivity contribution in [1.82, 2.24) is 0 Å². The lowest BCUT2D eigenvalue weighted by atomic mass is 9.94. The zero-order chi connectivity index (χ0) is 10.5. The van der Waals surface area contributed by atoms with Crippen LogP contribution in [-0.4, -0.2) is 5.91 Å². The van der Waals surface area contributed by atoms with E-state index < -0.39 is 5.54 Å². The summed E-state index contributed by atoms with van der Waals surface area (Å²) in [6.07, 6.45) is 0. The summed E-state index contributed by atoms with van der Waals surface area (Å²) in [6, 6.07) is 3.71. The van der Waals surface area contributed by atoms with E-state index in [4.69, 9.17) is 17.3 Å². The van der Waals surface area contributed by atoms with Gasteiger partial charge < -0.3 is 11.1 Å². The summed E-state index contributed by atoms with van der Waals surface area (Å²) in [7, 11) is 0. The fourth-order valence-electron chi connectivity index (χ4n) is 1.60. The molecule has 1 aliphatic heterocycles. The smallest absolute Gasteiger partial charge is 0.248 e. The lowest BCUT2D eigenvalue weighted by Gasteiger charge is -2.15. The molecule has 0 spiro atoms. The SMILES string of the molecule is Cc1ccc2c(c1Cl)NC(=O)[C@]2(C)N. The van der Waals surface area contributed by atoms with E-state index in [1.807, 2.05) is 19.1 Å². The first kappa shape index (κ1) is 9.49. The van der Waals surface area contributed by atoms with E-state index in [0.29, 0.717) is 10.7 Å². The minimum Gasteiger partial charge on any atom is -0.323 e. The lowest BCUT2D eigenvalue weighted by molar-refractivity contribution is -0.120. The summed E-state index contributed by atoms with van der Waals surface area (Å²) in [6.45, 7) is 3.57. The number of nitrogens with one attached hydrogen (secondary N) is 1. The van der Waals surface area contributed by atoms with Crippen LogP contribution in [0.4, 0.5) is 5.69 Å². The second kappa shape index (κ2) is 2.72. The quantitative estimate of drug-likeness (QED) is 0.686. The molecule has 0 aromatic heterocycles. The molecule has 4 heteroatoms. The average molecular weight is 211 g/mol. The standard InChI is InChI=1S/C10H11ClN2O/c1-5-3-4-6-8(7(5)11)13-9(14)10(6,2)12/h3-4H,12H2,1-2H3,(H,13,14)/t10-/m1/s1. The molecular weight excluding hydrogens is 200 g/mol. The number of fused-ring (bicyclic) bond motifs is 1. The van der Waals surface area contributed by atoms with Crippen LogP contribution in [0.3, 0.4) is 0 Å². The Balaban J connectivity index is 2.70. The van der Waals surface area contributed by atoms with Gasteiger partial charge in [-0.2, -0.15) is 0 Å². The average Bonchev–Trinajstić information content (AvgIpc) is 2.33. The number of carbonyl (C=O) groups is 1. The van der Waals surface area contributed by atoms with E-state index in [0.717, 1.165) is 11.1 Å². The lowest BCUT2D eigenvalue weighted by Crippen LogP contribution is -2.40. The van der Waals surface area contributed by atoms with Gasteiger partial charge >= 0.3 is 0 Å². The highest BCUT2D eigenvalue weighted by molar-refractivity contribution is 6.35. The Hall–Kier alpha value is -1.06. The molecule has 1 aromatic carbocycles. The minimum atomic E-state index is -0.966. The highest BCUT2D eigenvalue weighted by Gasteiger charge is 2.40. The van der Waals surface area contributed by atoms with Crippen molar-refractivity contribution in [2.45, 2.75) is 19.4 Å². The van der Waals surface area contributed by atoms with Gasteiger partial charge in [0.2, 0.25) is 5.91 Å². The van der Waals surface area contributed by atoms with Crippen molar-refractivity contribution in [2.75, 3.05) is 5.32 Å². The fourth-order valence-corrected chi connectivity index (χ4v) is 1.81. The molecule has 0 radical (unpaired) electrons. The maximum absolute atomic E-state index is 11.5. The predicted octanol–water partition coefficient (Wildman–Crippen LogP) is 1.77. The summed E-state index contributed by atoms with van der Waals surface area (Å²) in [5, 5.41) is 3.27. The van der Waals surface area contributed by atoms with E-state index in [1.165, 1.54) is 0 Å². The fraction of sp³-hybridized carbons (Fsp3) is 0.300. The molecule has 0 unspecified atom stereocenters. The number of rotatable bonds is 0. The summed E-state index contributed by atoms with van der Waals surface area (Å²) in [5.41, 5.74) is 7.27. The topological polar surface area (TPSA) is 55.1 Å².